The molecular formula is C3H6O2P+. The number of aliphatic hydroxyl groups excluding tert-OH is 1. The summed E-state index contributed by atoms with van der Waals surface area (Å²) in [6.07, 6.45) is 2.78. The summed E-state index contributed by atoms with van der Waals surface area (Å²) in [5.74, 6) is 0. The van der Waals surface area contributed by atoms with Crippen LogP contribution >= 0.6 is 8.46 Å². The average Bonchev–Trinajstić information content (AvgIpc) is 1.61. The minimum atomic E-state index is -0.332. The quantitative estimate of drug-likeness (QED) is 0.421. The van der Waals surface area contributed by atoms with E-state index in [1.165, 1.54) is 6.08 Å². The van der Waals surface area contributed by atoms with Crippen LogP contribution in [-0.4, -0.2) is 11.3 Å². The molecule has 0 aromatic carbocycles. The second-order valence-electron chi connectivity index (χ2n) is 0.733. The van der Waals surface area contributed by atoms with Crippen LogP contribution in [0.15, 0.2) is 12.3 Å². The third-order valence-corrected chi connectivity index (χ3v) is 0.709. The van der Waals surface area contributed by atoms with Crippen molar-refractivity contribution in [3.05, 3.63) is 12.3 Å². The second kappa shape index (κ2) is 4.64. The van der Waals surface area contributed by atoms with Gasteiger partial charge in [0.1, 0.15) is 0 Å². The maximum Gasteiger partial charge on any atom is 0.329 e. The largest absolute Gasteiger partial charge is 0.516 e. The number of hydrogen-bond acceptors (Lipinski definition) is 2. The van der Waals surface area contributed by atoms with Crippen LogP contribution < -0.4 is 0 Å². The van der Waals surface area contributed by atoms with Gasteiger partial charge in [-0.2, -0.15) is 0 Å². The number of hydrogen-bond donors (Lipinski definition) is 1. The first-order valence-corrected chi connectivity index (χ1v) is 2.67. The molecule has 6 heavy (non-hydrogen) atoms. The van der Waals surface area contributed by atoms with E-state index in [1.54, 1.807) is 0 Å². The van der Waals surface area contributed by atoms with Crippen molar-refractivity contribution in [1.82, 2.24) is 0 Å². The van der Waals surface area contributed by atoms with E-state index in [9.17, 15) is 4.57 Å². The molecule has 0 fully saturated rings. The molecule has 0 radical (unpaired) electrons. The molecule has 0 rings (SSSR count). The molecular weight excluding hydrogens is 99.0 g/mol. The lowest BCUT2D eigenvalue weighted by molar-refractivity contribution is 0.472. The van der Waals surface area contributed by atoms with Crippen molar-refractivity contribution in [2.45, 2.75) is 0 Å². The lowest BCUT2D eigenvalue weighted by Gasteiger charge is -1.58. The fourth-order valence-electron chi connectivity index (χ4n) is 0.101. The highest BCUT2D eigenvalue weighted by molar-refractivity contribution is 7.23. The zero-order valence-corrected chi connectivity index (χ0v) is 4.22. The van der Waals surface area contributed by atoms with Gasteiger partial charge in [0.15, 0.2) is 6.16 Å². The minimum absolute atomic E-state index is 0.332. The highest BCUT2D eigenvalue weighted by atomic mass is 31.1. The highest BCUT2D eigenvalue weighted by Gasteiger charge is 1.76. The lowest BCUT2D eigenvalue weighted by atomic mass is 10.7. The lowest BCUT2D eigenvalue weighted by Crippen LogP contribution is -1.55. The Kier molecular flexibility index (Phi) is 4.36. The molecule has 0 saturated carbocycles. The van der Waals surface area contributed by atoms with Gasteiger partial charge in [0, 0.05) is 0 Å². The summed E-state index contributed by atoms with van der Waals surface area (Å²) in [7, 11) is -0.332. The van der Waals surface area contributed by atoms with Crippen molar-refractivity contribution in [2.24, 2.45) is 0 Å². The zero-order chi connectivity index (χ0) is 4.83. The summed E-state index contributed by atoms with van der Waals surface area (Å²) in [6, 6.07) is 0. The highest BCUT2D eigenvalue weighted by Crippen LogP contribution is 1.87. The van der Waals surface area contributed by atoms with Gasteiger partial charge in [0.2, 0.25) is 0 Å². The molecule has 2 nitrogen and oxygen atoms in total. The molecule has 1 N–H and O–H groups in total. The van der Waals surface area contributed by atoms with Crippen LogP contribution in [0, 0.1) is 0 Å². The van der Waals surface area contributed by atoms with E-state index >= 15 is 0 Å². The van der Waals surface area contributed by atoms with Crippen LogP contribution in [0.4, 0.5) is 0 Å². The summed E-state index contributed by atoms with van der Waals surface area (Å²) in [5.41, 5.74) is 0. The molecule has 0 aliphatic carbocycles. The van der Waals surface area contributed by atoms with Gasteiger partial charge in [-0.15, -0.1) is 0 Å². The summed E-state index contributed by atoms with van der Waals surface area (Å²) in [4.78, 5) is 0. The van der Waals surface area contributed by atoms with E-state index < -0.39 is 0 Å². The fraction of sp³-hybridized carbons (Fsp3) is 0.333. The van der Waals surface area contributed by atoms with Crippen LogP contribution in [-0.2, 0) is 4.57 Å². The Morgan fingerprint density at radius 3 is 2.67 bits per heavy atom. The van der Waals surface area contributed by atoms with Crippen LogP contribution in [0.2, 0.25) is 0 Å². The first kappa shape index (κ1) is 5.64. The van der Waals surface area contributed by atoms with Gasteiger partial charge in [-0.05, 0) is 6.08 Å². The molecule has 0 aromatic rings. The first-order valence-electron chi connectivity index (χ1n) is 1.56. The molecule has 0 heterocycles. The predicted molar refractivity (Wildman–Crippen MR) is 25.6 cm³/mol. The van der Waals surface area contributed by atoms with Gasteiger partial charge in [0.25, 0.3) is 0 Å². The molecule has 0 aliphatic heterocycles. The number of allylic oxidation sites excluding steroid dienone is 1. The minimum Gasteiger partial charge on any atom is -0.516 e. The van der Waals surface area contributed by atoms with Crippen molar-refractivity contribution >= 4 is 8.46 Å². The van der Waals surface area contributed by atoms with Gasteiger partial charge in [-0.3, -0.25) is 0 Å². The van der Waals surface area contributed by atoms with E-state index in [-0.39, 0.29) is 8.46 Å². The van der Waals surface area contributed by atoms with E-state index in [0.717, 1.165) is 6.26 Å². The zero-order valence-electron chi connectivity index (χ0n) is 3.22. The molecule has 0 saturated heterocycles. The summed E-state index contributed by atoms with van der Waals surface area (Å²) in [5, 5.41) is 7.88. The molecule has 0 bridgehead atoms. The Balaban J connectivity index is 2.85. The number of aliphatic hydroxyl groups is 1. The van der Waals surface area contributed by atoms with Gasteiger partial charge >= 0.3 is 8.46 Å². The summed E-state index contributed by atoms with van der Waals surface area (Å²) < 4.78 is 9.55. The van der Waals surface area contributed by atoms with Crippen LogP contribution in [0.5, 0.6) is 0 Å². The summed E-state index contributed by atoms with van der Waals surface area (Å²) >= 11 is 0. The molecule has 0 spiro atoms. The van der Waals surface area contributed by atoms with E-state index in [0.29, 0.717) is 6.16 Å². The smallest absolute Gasteiger partial charge is 0.329 e. The Labute approximate surface area is 37.7 Å². The Morgan fingerprint density at radius 2 is 2.50 bits per heavy atom. The van der Waals surface area contributed by atoms with E-state index in [4.69, 9.17) is 5.11 Å². The third kappa shape index (κ3) is 3.64. The van der Waals surface area contributed by atoms with Crippen LogP contribution in [0.1, 0.15) is 0 Å². The maximum atomic E-state index is 9.55. The molecule has 1 unspecified atom stereocenters. The van der Waals surface area contributed by atoms with Gasteiger partial charge in [0.05, 0.1) is 6.26 Å². The van der Waals surface area contributed by atoms with E-state index in [1.807, 2.05) is 0 Å². The topological polar surface area (TPSA) is 37.3 Å². The van der Waals surface area contributed by atoms with Crippen molar-refractivity contribution in [3.63, 3.8) is 0 Å². The maximum absolute atomic E-state index is 9.55. The van der Waals surface area contributed by atoms with Crippen molar-refractivity contribution < 1.29 is 9.67 Å². The van der Waals surface area contributed by atoms with Crippen molar-refractivity contribution in [2.75, 3.05) is 6.16 Å². The van der Waals surface area contributed by atoms with Gasteiger partial charge in [-0.1, -0.05) is 4.57 Å². The molecule has 34 valence electrons. The Hall–Kier alpha value is -0.360. The standard InChI is InChI=1S/C3H5O2P/c4-2-1-3-6-5/h1-2,4H,3H2/p+1. The molecule has 0 aliphatic rings. The first-order chi connectivity index (χ1) is 2.91. The summed E-state index contributed by atoms with van der Waals surface area (Å²) in [6.45, 7) is 0. The normalized spacial score (nSPS) is 10.7. The van der Waals surface area contributed by atoms with Gasteiger partial charge < -0.3 is 5.11 Å². The monoisotopic (exact) mass is 105 g/mol. The average molecular weight is 105 g/mol. The van der Waals surface area contributed by atoms with Crippen LogP contribution in [0.25, 0.3) is 0 Å². The Morgan fingerprint density at radius 1 is 1.83 bits per heavy atom. The molecule has 1 atom stereocenters. The van der Waals surface area contributed by atoms with Crippen molar-refractivity contribution in [3.8, 4) is 0 Å². The van der Waals surface area contributed by atoms with E-state index in [2.05, 4.69) is 0 Å². The number of rotatable bonds is 2. The van der Waals surface area contributed by atoms with Crippen molar-refractivity contribution in [1.29, 1.82) is 0 Å². The molecule has 0 aromatic heterocycles. The SMILES string of the molecule is O=[PH+]CC=CO. The fourth-order valence-corrected chi connectivity index (χ4v) is 0.302. The third-order valence-electron chi connectivity index (χ3n) is 0.307. The molecule has 3 heteroatoms. The van der Waals surface area contributed by atoms with Gasteiger partial charge in [-0.25, -0.2) is 0 Å². The second-order valence-corrected chi connectivity index (χ2v) is 1.43. The predicted octanol–water partition coefficient (Wildman–Crippen LogP) is 1.08. The molecule has 0 amide bonds. The van der Waals surface area contributed by atoms with Crippen LogP contribution in [0.3, 0.4) is 0 Å². The Bertz CT molecular complexity index is 59.8.